The highest BCUT2D eigenvalue weighted by atomic mass is 16.5. The molecule has 0 aromatic heterocycles. The van der Waals surface area contributed by atoms with E-state index >= 15 is 0 Å². The Morgan fingerprint density at radius 3 is 2.46 bits per heavy atom. The molecule has 0 radical (unpaired) electrons. The monoisotopic (exact) mass is 334 g/mol. The molecule has 2 aliphatic rings. The number of carbonyl (C=O) groups is 1. The molecular formula is C18H28N3O3+. The largest absolute Gasteiger partial charge is 0.506 e. The molecule has 0 saturated carbocycles. The third kappa shape index (κ3) is 3.99. The molecule has 1 aromatic carbocycles. The SMILES string of the molecule is C[C@@H]1CN(C(=O)C[NH+]2CCN(c3ccccc3O)CC2)C[C@H](C)O1. The summed E-state index contributed by atoms with van der Waals surface area (Å²) in [7, 11) is 0. The number of para-hydroxylation sites is 2. The van der Waals surface area contributed by atoms with E-state index in [1.54, 1.807) is 6.07 Å². The van der Waals surface area contributed by atoms with E-state index in [4.69, 9.17) is 4.74 Å². The van der Waals surface area contributed by atoms with Crippen molar-refractivity contribution in [3.05, 3.63) is 24.3 Å². The van der Waals surface area contributed by atoms with Gasteiger partial charge < -0.3 is 24.5 Å². The van der Waals surface area contributed by atoms with Gasteiger partial charge in [0.25, 0.3) is 5.91 Å². The van der Waals surface area contributed by atoms with Crippen LogP contribution in [0.15, 0.2) is 24.3 Å². The molecule has 2 N–H and O–H groups in total. The maximum atomic E-state index is 12.6. The number of ether oxygens (including phenoxy) is 1. The van der Waals surface area contributed by atoms with Crippen LogP contribution in [0.25, 0.3) is 0 Å². The summed E-state index contributed by atoms with van der Waals surface area (Å²) in [6.07, 6.45) is 0.233. The average molecular weight is 334 g/mol. The smallest absolute Gasteiger partial charge is 0.277 e. The number of hydrogen-bond acceptors (Lipinski definition) is 4. The van der Waals surface area contributed by atoms with Crippen LogP contribution >= 0.6 is 0 Å². The van der Waals surface area contributed by atoms with Gasteiger partial charge in [-0.05, 0) is 26.0 Å². The van der Waals surface area contributed by atoms with Gasteiger partial charge in [0, 0.05) is 13.1 Å². The topological polar surface area (TPSA) is 57.5 Å². The zero-order valence-electron chi connectivity index (χ0n) is 14.6. The molecule has 2 fully saturated rings. The molecule has 6 heteroatoms. The maximum absolute atomic E-state index is 12.6. The fraction of sp³-hybridized carbons (Fsp3) is 0.611. The number of anilines is 1. The Morgan fingerprint density at radius 2 is 1.83 bits per heavy atom. The number of aromatic hydroxyl groups is 1. The van der Waals surface area contributed by atoms with Crippen molar-refractivity contribution in [2.75, 3.05) is 50.7 Å². The second kappa shape index (κ2) is 7.40. The van der Waals surface area contributed by atoms with Gasteiger partial charge in [-0.2, -0.15) is 0 Å². The summed E-state index contributed by atoms with van der Waals surface area (Å²) in [5.74, 6) is 0.552. The van der Waals surface area contributed by atoms with Crippen LogP contribution in [0.1, 0.15) is 13.8 Å². The number of benzene rings is 1. The van der Waals surface area contributed by atoms with Gasteiger partial charge in [0.2, 0.25) is 0 Å². The van der Waals surface area contributed by atoms with Gasteiger partial charge >= 0.3 is 0 Å². The summed E-state index contributed by atoms with van der Waals surface area (Å²) in [6, 6.07) is 7.45. The summed E-state index contributed by atoms with van der Waals surface area (Å²) in [5, 5.41) is 9.97. The predicted molar refractivity (Wildman–Crippen MR) is 92.5 cm³/mol. The fourth-order valence-corrected chi connectivity index (χ4v) is 3.68. The lowest BCUT2D eigenvalue weighted by molar-refractivity contribution is -0.892. The van der Waals surface area contributed by atoms with E-state index in [-0.39, 0.29) is 18.1 Å². The van der Waals surface area contributed by atoms with Gasteiger partial charge in [0.15, 0.2) is 6.54 Å². The Balaban J connectivity index is 1.50. The molecule has 0 spiro atoms. The second-order valence-corrected chi connectivity index (χ2v) is 6.96. The number of amides is 1. The van der Waals surface area contributed by atoms with Gasteiger partial charge in [-0.3, -0.25) is 4.79 Å². The Hall–Kier alpha value is -1.79. The summed E-state index contributed by atoms with van der Waals surface area (Å²) in [4.78, 5) is 18.0. The molecule has 0 bridgehead atoms. The van der Waals surface area contributed by atoms with Crippen LogP contribution in [-0.2, 0) is 9.53 Å². The highest BCUT2D eigenvalue weighted by Gasteiger charge is 2.29. The summed E-state index contributed by atoms with van der Waals surface area (Å²) < 4.78 is 5.70. The van der Waals surface area contributed by atoms with Crippen LogP contribution in [0.3, 0.4) is 0 Å². The normalized spacial score (nSPS) is 25.8. The molecule has 3 rings (SSSR count). The number of morpholine rings is 1. The minimum absolute atomic E-state index is 0.116. The molecule has 24 heavy (non-hydrogen) atoms. The van der Waals surface area contributed by atoms with Crippen molar-refractivity contribution in [2.24, 2.45) is 0 Å². The van der Waals surface area contributed by atoms with Crippen molar-refractivity contribution in [3.63, 3.8) is 0 Å². The molecule has 2 saturated heterocycles. The van der Waals surface area contributed by atoms with Crippen molar-refractivity contribution in [1.82, 2.24) is 4.90 Å². The van der Waals surface area contributed by atoms with Crippen molar-refractivity contribution >= 4 is 11.6 Å². The Bertz CT molecular complexity index is 562. The summed E-state index contributed by atoms with van der Waals surface area (Å²) >= 11 is 0. The number of phenols is 1. The number of nitrogens with zero attached hydrogens (tertiary/aromatic N) is 2. The lowest BCUT2D eigenvalue weighted by Crippen LogP contribution is -3.16. The quantitative estimate of drug-likeness (QED) is 0.799. The van der Waals surface area contributed by atoms with Gasteiger partial charge in [0.05, 0.1) is 44.1 Å². The molecule has 0 unspecified atom stereocenters. The van der Waals surface area contributed by atoms with E-state index in [1.807, 2.05) is 36.9 Å². The van der Waals surface area contributed by atoms with E-state index in [0.717, 1.165) is 31.9 Å². The number of phenolic OH excluding ortho intramolecular Hbond substituents is 1. The van der Waals surface area contributed by atoms with Crippen LogP contribution in [-0.4, -0.2) is 73.9 Å². The standard InChI is InChI=1S/C18H27N3O3/c1-14-11-21(12-15(2)24-14)18(23)13-19-7-9-20(10-8-19)16-5-3-4-6-17(16)22/h3-6,14-15,22H,7-13H2,1-2H3/p+1/t14-,15+. The number of nitrogens with one attached hydrogen (secondary N) is 1. The van der Waals surface area contributed by atoms with Gasteiger partial charge in [-0.25, -0.2) is 0 Å². The molecular weight excluding hydrogens is 306 g/mol. The number of quaternary nitrogens is 1. The van der Waals surface area contributed by atoms with Crippen LogP contribution in [0.4, 0.5) is 5.69 Å². The van der Waals surface area contributed by atoms with E-state index in [9.17, 15) is 9.90 Å². The zero-order valence-corrected chi connectivity index (χ0v) is 14.6. The molecule has 0 aliphatic carbocycles. The second-order valence-electron chi connectivity index (χ2n) is 6.96. The van der Waals surface area contributed by atoms with Gasteiger partial charge in [-0.15, -0.1) is 0 Å². The first kappa shape index (κ1) is 17.0. The van der Waals surface area contributed by atoms with Gasteiger partial charge in [-0.1, -0.05) is 12.1 Å². The van der Waals surface area contributed by atoms with Crippen molar-refractivity contribution in [3.8, 4) is 5.75 Å². The lowest BCUT2D eigenvalue weighted by atomic mass is 10.2. The number of piperazine rings is 1. The number of hydrogen-bond donors (Lipinski definition) is 2. The molecule has 2 atom stereocenters. The molecule has 2 heterocycles. The minimum atomic E-state index is 0.116. The first-order valence-electron chi connectivity index (χ1n) is 8.82. The summed E-state index contributed by atoms with van der Waals surface area (Å²) in [5.41, 5.74) is 0.888. The lowest BCUT2D eigenvalue weighted by Gasteiger charge is -2.37. The molecule has 132 valence electrons. The third-order valence-corrected chi connectivity index (χ3v) is 4.87. The third-order valence-electron chi connectivity index (χ3n) is 4.87. The Labute approximate surface area is 143 Å². The van der Waals surface area contributed by atoms with Crippen molar-refractivity contribution in [1.29, 1.82) is 0 Å². The average Bonchev–Trinajstić information content (AvgIpc) is 2.55. The fourth-order valence-electron chi connectivity index (χ4n) is 3.68. The first-order valence-corrected chi connectivity index (χ1v) is 8.82. The van der Waals surface area contributed by atoms with Crippen molar-refractivity contribution in [2.45, 2.75) is 26.1 Å². The van der Waals surface area contributed by atoms with Crippen LogP contribution < -0.4 is 9.80 Å². The zero-order chi connectivity index (χ0) is 17.1. The Morgan fingerprint density at radius 1 is 1.21 bits per heavy atom. The van der Waals surface area contributed by atoms with Crippen LogP contribution in [0, 0.1) is 0 Å². The van der Waals surface area contributed by atoms with Gasteiger partial charge in [0.1, 0.15) is 5.75 Å². The van der Waals surface area contributed by atoms with Crippen LogP contribution in [0.2, 0.25) is 0 Å². The molecule has 1 amide bonds. The first-order chi connectivity index (χ1) is 11.5. The summed E-state index contributed by atoms with van der Waals surface area (Å²) in [6.45, 7) is 9.52. The number of rotatable bonds is 3. The van der Waals surface area contributed by atoms with Crippen molar-refractivity contribution < 1.29 is 19.5 Å². The molecule has 6 nitrogen and oxygen atoms in total. The maximum Gasteiger partial charge on any atom is 0.277 e. The Kier molecular flexibility index (Phi) is 5.26. The molecule has 2 aliphatic heterocycles. The minimum Gasteiger partial charge on any atom is -0.506 e. The highest BCUT2D eigenvalue weighted by molar-refractivity contribution is 5.77. The highest BCUT2D eigenvalue weighted by Crippen LogP contribution is 2.25. The van der Waals surface area contributed by atoms with E-state index in [0.29, 0.717) is 25.4 Å². The van der Waals surface area contributed by atoms with E-state index in [1.165, 1.54) is 4.90 Å². The predicted octanol–water partition coefficient (Wildman–Crippen LogP) is -0.267. The number of carbonyl (C=O) groups excluding carboxylic acids is 1. The molecule has 1 aromatic rings. The van der Waals surface area contributed by atoms with Crippen LogP contribution in [0.5, 0.6) is 5.75 Å². The van der Waals surface area contributed by atoms with E-state index in [2.05, 4.69) is 4.90 Å². The van der Waals surface area contributed by atoms with E-state index < -0.39 is 0 Å².